The van der Waals surface area contributed by atoms with Crippen molar-refractivity contribution in [1.82, 2.24) is 15.2 Å². The number of nitrogens with one attached hydrogen (secondary N) is 1. The molecule has 1 aliphatic carbocycles. The van der Waals surface area contributed by atoms with Crippen LogP contribution in [-0.4, -0.2) is 55.2 Å². The molecule has 1 aromatic rings. The summed E-state index contributed by atoms with van der Waals surface area (Å²) in [6.07, 6.45) is 2.74. The number of carbonyl (C=O) groups is 1. The van der Waals surface area contributed by atoms with E-state index in [1.807, 2.05) is 5.51 Å². The maximum absolute atomic E-state index is 12.2. The lowest BCUT2D eigenvalue weighted by molar-refractivity contribution is -0.125. The van der Waals surface area contributed by atoms with Crippen LogP contribution < -0.4 is 5.32 Å². The highest BCUT2D eigenvalue weighted by molar-refractivity contribution is 7.09. The molecule has 5 nitrogen and oxygen atoms in total. The van der Waals surface area contributed by atoms with E-state index in [0.29, 0.717) is 0 Å². The minimum Gasteiger partial charge on any atom is -0.379 e. The molecule has 20 heavy (non-hydrogen) atoms. The predicted molar refractivity (Wildman–Crippen MR) is 77.9 cm³/mol. The summed E-state index contributed by atoms with van der Waals surface area (Å²) in [7, 11) is 0. The molecule has 1 aromatic heterocycles. The monoisotopic (exact) mass is 295 g/mol. The molecule has 0 saturated carbocycles. The number of aryl methyl sites for hydroxylation is 1. The van der Waals surface area contributed by atoms with Crippen LogP contribution in [0.3, 0.4) is 0 Å². The minimum atomic E-state index is 0.132. The number of ether oxygens (including phenoxy) is 1. The predicted octanol–water partition coefficient (Wildman–Crippen LogP) is 0.696. The fourth-order valence-electron chi connectivity index (χ4n) is 2.83. The Labute approximate surface area is 123 Å². The van der Waals surface area contributed by atoms with Crippen molar-refractivity contribution in [3.63, 3.8) is 0 Å². The Hall–Kier alpha value is -0.980. The molecule has 2 heterocycles. The molecule has 1 aliphatic heterocycles. The standard InChI is InChI=1S/C14H21N3O2S/c18-14(15-3-4-17-5-7-19-8-6-17)11-1-2-12-13(9-11)20-10-16-12/h10-11H,1-9H2,(H,15,18). The molecule has 1 fully saturated rings. The van der Waals surface area contributed by atoms with Crippen LogP contribution in [0, 0.1) is 5.92 Å². The first kappa shape index (κ1) is 14.0. The highest BCUT2D eigenvalue weighted by atomic mass is 32.1. The van der Waals surface area contributed by atoms with Gasteiger partial charge in [0.1, 0.15) is 0 Å². The van der Waals surface area contributed by atoms with Gasteiger partial charge in [0, 0.05) is 37.0 Å². The second-order valence-electron chi connectivity index (χ2n) is 5.41. The number of rotatable bonds is 4. The van der Waals surface area contributed by atoms with Crippen LogP contribution in [0.1, 0.15) is 17.0 Å². The lowest BCUT2D eigenvalue weighted by Crippen LogP contribution is -2.43. The third kappa shape index (κ3) is 3.37. The van der Waals surface area contributed by atoms with E-state index in [1.54, 1.807) is 11.3 Å². The average Bonchev–Trinajstić information content (AvgIpc) is 2.95. The number of thiazole rings is 1. The Bertz CT molecular complexity index is 457. The van der Waals surface area contributed by atoms with Gasteiger partial charge in [0.15, 0.2) is 0 Å². The van der Waals surface area contributed by atoms with E-state index in [4.69, 9.17) is 4.74 Å². The van der Waals surface area contributed by atoms with Crippen LogP contribution in [0.5, 0.6) is 0 Å². The van der Waals surface area contributed by atoms with Gasteiger partial charge in [0.25, 0.3) is 0 Å². The molecule has 1 amide bonds. The normalized spacial score (nSPS) is 23.3. The zero-order valence-electron chi connectivity index (χ0n) is 11.6. The second-order valence-corrected chi connectivity index (χ2v) is 6.35. The number of nitrogens with zero attached hydrogens (tertiary/aromatic N) is 2. The van der Waals surface area contributed by atoms with Gasteiger partial charge in [0.2, 0.25) is 5.91 Å². The molecule has 1 unspecified atom stereocenters. The van der Waals surface area contributed by atoms with Gasteiger partial charge < -0.3 is 10.1 Å². The Morgan fingerprint density at radius 2 is 2.35 bits per heavy atom. The second kappa shape index (κ2) is 6.65. The van der Waals surface area contributed by atoms with Gasteiger partial charge in [-0.05, 0) is 19.3 Å². The zero-order valence-corrected chi connectivity index (χ0v) is 12.5. The van der Waals surface area contributed by atoms with Crippen LogP contribution in [0.25, 0.3) is 0 Å². The molecule has 1 saturated heterocycles. The topological polar surface area (TPSA) is 54.5 Å². The fraction of sp³-hybridized carbons (Fsp3) is 0.714. The quantitative estimate of drug-likeness (QED) is 0.888. The summed E-state index contributed by atoms with van der Waals surface area (Å²) in [5.41, 5.74) is 3.09. The molecule has 0 spiro atoms. The third-order valence-corrected chi connectivity index (χ3v) is 4.99. The lowest BCUT2D eigenvalue weighted by Gasteiger charge is -2.27. The summed E-state index contributed by atoms with van der Waals surface area (Å²) >= 11 is 1.68. The summed E-state index contributed by atoms with van der Waals surface area (Å²) in [4.78, 5) is 20.2. The van der Waals surface area contributed by atoms with Crippen molar-refractivity contribution in [1.29, 1.82) is 0 Å². The number of amides is 1. The van der Waals surface area contributed by atoms with Crippen molar-refractivity contribution in [2.24, 2.45) is 5.92 Å². The number of morpholine rings is 1. The van der Waals surface area contributed by atoms with Gasteiger partial charge in [-0.25, -0.2) is 4.98 Å². The number of aromatic nitrogens is 1. The van der Waals surface area contributed by atoms with Gasteiger partial charge >= 0.3 is 0 Å². The smallest absolute Gasteiger partial charge is 0.223 e. The van der Waals surface area contributed by atoms with Crippen molar-refractivity contribution < 1.29 is 9.53 Å². The van der Waals surface area contributed by atoms with Crippen LogP contribution in [0.4, 0.5) is 0 Å². The number of hydrogen-bond donors (Lipinski definition) is 1. The van der Waals surface area contributed by atoms with Crippen molar-refractivity contribution in [3.05, 3.63) is 16.1 Å². The van der Waals surface area contributed by atoms with E-state index >= 15 is 0 Å². The third-order valence-electron chi connectivity index (χ3n) is 4.09. The van der Waals surface area contributed by atoms with Crippen molar-refractivity contribution in [3.8, 4) is 0 Å². The molecule has 110 valence electrons. The van der Waals surface area contributed by atoms with E-state index in [1.165, 1.54) is 10.6 Å². The first-order chi connectivity index (χ1) is 9.83. The molecule has 6 heteroatoms. The summed E-state index contributed by atoms with van der Waals surface area (Å²) in [6.45, 7) is 5.24. The SMILES string of the molecule is O=C(NCCN1CCOCC1)C1CCc2ncsc2C1. The maximum Gasteiger partial charge on any atom is 0.223 e. The average molecular weight is 295 g/mol. The molecule has 0 bridgehead atoms. The molecule has 3 rings (SSSR count). The van der Waals surface area contributed by atoms with Crippen LogP contribution in [0.2, 0.25) is 0 Å². The summed E-state index contributed by atoms with van der Waals surface area (Å²) < 4.78 is 5.31. The molecule has 2 aliphatic rings. The van der Waals surface area contributed by atoms with Crippen molar-refractivity contribution in [2.45, 2.75) is 19.3 Å². The van der Waals surface area contributed by atoms with Gasteiger partial charge in [-0.2, -0.15) is 0 Å². The van der Waals surface area contributed by atoms with Crippen molar-refractivity contribution in [2.75, 3.05) is 39.4 Å². The largest absolute Gasteiger partial charge is 0.379 e. The number of fused-ring (bicyclic) bond motifs is 1. The minimum absolute atomic E-state index is 0.132. The molecular formula is C14H21N3O2S. The molecule has 1 N–H and O–H groups in total. The first-order valence-electron chi connectivity index (χ1n) is 7.32. The van der Waals surface area contributed by atoms with E-state index in [9.17, 15) is 4.79 Å². The first-order valence-corrected chi connectivity index (χ1v) is 8.20. The highest BCUT2D eigenvalue weighted by Crippen LogP contribution is 2.27. The fourth-order valence-corrected chi connectivity index (χ4v) is 3.73. The Kier molecular flexibility index (Phi) is 4.65. The van der Waals surface area contributed by atoms with Crippen molar-refractivity contribution >= 4 is 17.2 Å². The molecular weight excluding hydrogens is 274 g/mol. The summed E-state index contributed by atoms with van der Waals surface area (Å²) in [6, 6.07) is 0. The van der Waals surface area contributed by atoms with Gasteiger partial charge in [-0.15, -0.1) is 11.3 Å². The Morgan fingerprint density at radius 1 is 1.50 bits per heavy atom. The molecule has 1 atom stereocenters. The molecule has 0 radical (unpaired) electrons. The summed E-state index contributed by atoms with van der Waals surface area (Å²) in [5, 5.41) is 3.09. The lowest BCUT2D eigenvalue weighted by atomic mass is 9.90. The van der Waals surface area contributed by atoms with Crippen LogP contribution in [0.15, 0.2) is 5.51 Å². The highest BCUT2D eigenvalue weighted by Gasteiger charge is 2.26. The van der Waals surface area contributed by atoms with E-state index in [2.05, 4.69) is 15.2 Å². The van der Waals surface area contributed by atoms with E-state index in [-0.39, 0.29) is 11.8 Å². The van der Waals surface area contributed by atoms with Gasteiger partial charge in [0.05, 0.1) is 24.4 Å². The van der Waals surface area contributed by atoms with E-state index in [0.717, 1.165) is 58.7 Å². The number of carbonyl (C=O) groups excluding carboxylic acids is 1. The van der Waals surface area contributed by atoms with Gasteiger partial charge in [-0.3, -0.25) is 9.69 Å². The molecule has 0 aromatic carbocycles. The maximum atomic E-state index is 12.2. The summed E-state index contributed by atoms with van der Waals surface area (Å²) in [5.74, 6) is 0.338. The van der Waals surface area contributed by atoms with Crippen LogP contribution in [-0.2, 0) is 22.4 Å². The Morgan fingerprint density at radius 3 is 3.20 bits per heavy atom. The Balaban J connectivity index is 1.41. The zero-order chi connectivity index (χ0) is 13.8. The van der Waals surface area contributed by atoms with Gasteiger partial charge in [-0.1, -0.05) is 0 Å². The van der Waals surface area contributed by atoms with E-state index < -0.39 is 0 Å². The van der Waals surface area contributed by atoms with Crippen LogP contribution >= 0.6 is 11.3 Å². The number of hydrogen-bond acceptors (Lipinski definition) is 5.